The smallest absolute Gasteiger partial charge is 0.190 e. The molecule has 1 saturated heterocycles. The van der Waals surface area contributed by atoms with Crippen LogP contribution in [-0.4, -0.2) is 82.8 Å². The van der Waals surface area contributed by atoms with E-state index in [1.54, 1.807) is 7.11 Å². The molecule has 0 aromatic heterocycles. The van der Waals surface area contributed by atoms with Crippen molar-refractivity contribution in [2.75, 3.05) is 67.0 Å². The van der Waals surface area contributed by atoms with Crippen molar-refractivity contribution >= 4 is 5.96 Å². The molecule has 1 aromatic carbocycles. The monoisotopic (exact) mass is 375 g/mol. The van der Waals surface area contributed by atoms with Gasteiger partial charge in [0, 0.05) is 33.2 Å². The predicted octanol–water partition coefficient (Wildman–Crippen LogP) is 1.74. The van der Waals surface area contributed by atoms with Crippen molar-refractivity contribution < 1.29 is 4.74 Å². The normalized spacial score (nSPS) is 16.8. The SMILES string of the molecule is CN=C(NCCCN1CCCN(C)CC1)NCCc1cc(C)ccc1OC. The molecule has 0 unspecified atom stereocenters. The molecule has 152 valence electrons. The van der Waals surface area contributed by atoms with Crippen LogP contribution in [0.5, 0.6) is 5.75 Å². The van der Waals surface area contributed by atoms with Crippen molar-refractivity contribution in [3.05, 3.63) is 29.3 Å². The van der Waals surface area contributed by atoms with Crippen LogP contribution in [0, 0.1) is 6.92 Å². The van der Waals surface area contributed by atoms with E-state index in [0.717, 1.165) is 44.2 Å². The largest absolute Gasteiger partial charge is 0.496 e. The number of ether oxygens (including phenoxy) is 1. The van der Waals surface area contributed by atoms with Crippen LogP contribution in [0.2, 0.25) is 0 Å². The Balaban J connectivity index is 1.65. The Bertz CT molecular complexity index is 590. The van der Waals surface area contributed by atoms with Gasteiger partial charge in [0.15, 0.2) is 5.96 Å². The summed E-state index contributed by atoms with van der Waals surface area (Å²) in [6.45, 7) is 9.84. The van der Waals surface area contributed by atoms with Gasteiger partial charge < -0.3 is 25.2 Å². The average molecular weight is 376 g/mol. The van der Waals surface area contributed by atoms with E-state index in [9.17, 15) is 0 Å². The minimum absolute atomic E-state index is 0.831. The highest BCUT2D eigenvalue weighted by Crippen LogP contribution is 2.19. The summed E-state index contributed by atoms with van der Waals surface area (Å²) in [4.78, 5) is 9.33. The van der Waals surface area contributed by atoms with E-state index in [2.05, 4.69) is 51.5 Å². The van der Waals surface area contributed by atoms with Gasteiger partial charge in [0.05, 0.1) is 7.11 Å². The zero-order valence-electron chi connectivity index (χ0n) is 17.6. The van der Waals surface area contributed by atoms with Crippen LogP contribution >= 0.6 is 0 Å². The molecule has 1 aliphatic rings. The summed E-state index contributed by atoms with van der Waals surface area (Å²) in [5.41, 5.74) is 2.49. The van der Waals surface area contributed by atoms with E-state index in [-0.39, 0.29) is 0 Å². The van der Waals surface area contributed by atoms with Crippen molar-refractivity contribution in [2.45, 2.75) is 26.2 Å². The molecule has 1 aliphatic heterocycles. The molecule has 27 heavy (non-hydrogen) atoms. The quantitative estimate of drug-likeness (QED) is 0.412. The van der Waals surface area contributed by atoms with Crippen molar-refractivity contribution in [2.24, 2.45) is 4.99 Å². The fourth-order valence-corrected chi connectivity index (χ4v) is 3.47. The molecule has 0 radical (unpaired) electrons. The molecular weight excluding hydrogens is 338 g/mol. The van der Waals surface area contributed by atoms with Gasteiger partial charge >= 0.3 is 0 Å². The van der Waals surface area contributed by atoms with E-state index < -0.39 is 0 Å². The first-order valence-electron chi connectivity index (χ1n) is 10.1. The summed E-state index contributed by atoms with van der Waals surface area (Å²) in [5.74, 6) is 1.82. The topological polar surface area (TPSA) is 52.1 Å². The third-order valence-corrected chi connectivity index (χ3v) is 5.10. The number of likely N-dealkylation sites (N-methyl/N-ethyl adjacent to an activating group) is 1. The van der Waals surface area contributed by atoms with Crippen molar-refractivity contribution in [1.29, 1.82) is 0 Å². The molecule has 0 spiro atoms. The van der Waals surface area contributed by atoms with Crippen LogP contribution in [0.4, 0.5) is 0 Å². The van der Waals surface area contributed by atoms with Gasteiger partial charge in [-0.25, -0.2) is 0 Å². The second kappa shape index (κ2) is 11.8. The van der Waals surface area contributed by atoms with Crippen LogP contribution in [0.3, 0.4) is 0 Å². The van der Waals surface area contributed by atoms with Crippen LogP contribution in [0.1, 0.15) is 24.0 Å². The van der Waals surface area contributed by atoms with Crippen LogP contribution in [-0.2, 0) is 6.42 Å². The van der Waals surface area contributed by atoms with E-state index in [4.69, 9.17) is 4.74 Å². The Morgan fingerprint density at radius 2 is 1.96 bits per heavy atom. The highest BCUT2D eigenvalue weighted by atomic mass is 16.5. The van der Waals surface area contributed by atoms with E-state index in [1.807, 2.05) is 13.1 Å². The third-order valence-electron chi connectivity index (χ3n) is 5.10. The Morgan fingerprint density at radius 1 is 1.15 bits per heavy atom. The molecule has 0 aliphatic carbocycles. The van der Waals surface area contributed by atoms with Gasteiger partial charge in [0.1, 0.15) is 5.75 Å². The number of methoxy groups -OCH3 is 1. The standard InChI is InChI=1S/C21H37N5O/c1-18-7-8-20(27-4)19(17-18)9-11-24-21(22-2)23-10-5-13-26-14-6-12-25(3)15-16-26/h7-8,17H,5-6,9-16H2,1-4H3,(H2,22,23,24). The summed E-state index contributed by atoms with van der Waals surface area (Å²) >= 11 is 0. The molecule has 1 aromatic rings. The molecule has 0 saturated carbocycles. The van der Waals surface area contributed by atoms with Gasteiger partial charge in [0.25, 0.3) is 0 Å². The maximum Gasteiger partial charge on any atom is 0.190 e. The number of rotatable bonds is 8. The average Bonchev–Trinajstić information content (AvgIpc) is 2.88. The first kappa shape index (κ1) is 21.5. The van der Waals surface area contributed by atoms with Gasteiger partial charge in [0.2, 0.25) is 0 Å². The van der Waals surface area contributed by atoms with Crippen molar-refractivity contribution in [3.8, 4) is 5.75 Å². The molecule has 0 atom stereocenters. The fraction of sp³-hybridized carbons (Fsp3) is 0.667. The second-order valence-electron chi connectivity index (χ2n) is 7.34. The summed E-state index contributed by atoms with van der Waals surface area (Å²) < 4.78 is 5.46. The first-order chi connectivity index (χ1) is 13.1. The van der Waals surface area contributed by atoms with Gasteiger partial charge in [-0.1, -0.05) is 17.7 Å². The number of hydrogen-bond donors (Lipinski definition) is 2. The minimum Gasteiger partial charge on any atom is -0.496 e. The molecule has 6 nitrogen and oxygen atoms in total. The van der Waals surface area contributed by atoms with Gasteiger partial charge in [-0.3, -0.25) is 4.99 Å². The summed E-state index contributed by atoms with van der Waals surface area (Å²) in [5, 5.41) is 6.84. The summed E-state index contributed by atoms with van der Waals surface area (Å²) in [7, 11) is 5.77. The summed E-state index contributed by atoms with van der Waals surface area (Å²) in [6, 6.07) is 6.31. The maximum atomic E-state index is 5.46. The van der Waals surface area contributed by atoms with E-state index >= 15 is 0 Å². The second-order valence-corrected chi connectivity index (χ2v) is 7.34. The fourth-order valence-electron chi connectivity index (χ4n) is 3.47. The number of aliphatic imine (C=N–C) groups is 1. The highest BCUT2D eigenvalue weighted by Gasteiger charge is 2.11. The minimum atomic E-state index is 0.831. The lowest BCUT2D eigenvalue weighted by Crippen LogP contribution is -2.40. The number of nitrogens with zero attached hydrogens (tertiary/aromatic N) is 3. The van der Waals surface area contributed by atoms with Gasteiger partial charge in [-0.15, -0.1) is 0 Å². The Hall–Kier alpha value is -1.79. The zero-order chi connectivity index (χ0) is 19.5. The van der Waals surface area contributed by atoms with Crippen LogP contribution in [0.25, 0.3) is 0 Å². The lowest BCUT2D eigenvalue weighted by atomic mass is 10.1. The van der Waals surface area contributed by atoms with Gasteiger partial charge in [-0.2, -0.15) is 0 Å². The first-order valence-corrected chi connectivity index (χ1v) is 10.1. The Kier molecular flexibility index (Phi) is 9.42. The Labute approximate surface area is 165 Å². The van der Waals surface area contributed by atoms with Crippen LogP contribution in [0.15, 0.2) is 23.2 Å². The number of nitrogens with one attached hydrogen (secondary N) is 2. The zero-order valence-corrected chi connectivity index (χ0v) is 17.6. The summed E-state index contributed by atoms with van der Waals surface area (Å²) in [6.07, 6.45) is 3.32. The van der Waals surface area contributed by atoms with Crippen molar-refractivity contribution in [3.63, 3.8) is 0 Å². The van der Waals surface area contributed by atoms with Crippen molar-refractivity contribution in [1.82, 2.24) is 20.4 Å². The number of guanidine groups is 1. The number of benzene rings is 1. The lowest BCUT2D eigenvalue weighted by molar-refractivity contribution is 0.274. The number of aryl methyl sites for hydroxylation is 1. The molecule has 0 amide bonds. The third kappa shape index (κ3) is 7.77. The Morgan fingerprint density at radius 3 is 2.74 bits per heavy atom. The molecule has 1 heterocycles. The highest BCUT2D eigenvalue weighted by molar-refractivity contribution is 5.79. The molecule has 2 N–H and O–H groups in total. The molecular formula is C21H37N5O. The molecule has 1 fully saturated rings. The number of hydrogen-bond acceptors (Lipinski definition) is 4. The molecule has 2 rings (SSSR count). The van der Waals surface area contributed by atoms with Crippen LogP contribution < -0.4 is 15.4 Å². The predicted molar refractivity (Wildman–Crippen MR) is 114 cm³/mol. The van der Waals surface area contributed by atoms with E-state index in [0.29, 0.717) is 0 Å². The lowest BCUT2D eigenvalue weighted by Gasteiger charge is -2.20. The van der Waals surface area contributed by atoms with E-state index in [1.165, 1.54) is 43.7 Å². The molecule has 0 bridgehead atoms. The van der Waals surface area contributed by atoms with Gasteiger partial charge in [-0.05, 0) is 64.5 Å². The maximum absolute atomic E-state index is 5.46. The molecule has 6 heteroatoms.